The van der Waals surface area contributed by atoms with E-state index in [1.807, 2.05) is 32.0 Å². The van der Waals surface area contributed by atoms with Crippen LogP contribution in [0.3, 0.4) is 0 Å². The van der Waals surface area contributed by atoms with E-state index < -0.39 is 0 Å². The fourth-order valence-corrected chi connectivity index (χ4v) is 2.51. The zero-order chi connectivity index (χ0) is 12.8. The van der Waals surface area contributed by atoms with E-state index >= 15 is 0 Å². The molecule has 1 aromatic carbocycles. The number of nitrogens with one attached hydrogen (secondary N) is 1. The lowest BCUT2D eigenvalue weighted by Gasteiger charge is -2.09. The number of aryl methyl sites for hydroxylation is 1. The number of benzene rings is 1. The Bertz CT molecular complexity index is 396. The quantitative estimate of drug-likeness (QED) is 0.878. The molecule has 0 fully saturated rings. The van der Waals surface area contributed by atoms with Crippen LogP contribution in [0.5, 0.6) is 0 Å². The van der Waals surface area contributed by atoms with E-state index in [0.29, 0.717) is 5.75 Å². The summed E-state index contributed by atoms with van der Waals surface area (Å²) in [5.41, 5.74) is 7.52. The number of carbonyl (C=O) groups excluding carboxylic acids is 1. The number of thioether (sulfide) groups is 1. The topological polar surface area (TPSA) is 55.1 Å². The molecule has 1 rings (SSSR count). The average Bonchev–Trinajstić information content (AvgIpc) is 2.21. The lowest BCUT2D eigenvalue weighted by molar-refractivity contribution is -0.113. The number of hydrogen-bond acceptors (Lipinski definition) is 3. The van der Waals surface area contributed by atoms with Crippen molar-refractivity contribution in [2.24, 2.45) is 5.73 Å². The highest BCUT2D eigenvalue weighted by Crippen LogP contribution is 2.20. The molecule has 17 heavy (non-hydrogen) atoms. The minimum Gasteiger partial charge on any atom is -0.327 e. The van der Waals surface area contributed by atoms with E-state index in [2.05, 4.69) is 21.2 Å². The van der Waals surface area contributed by atoms with Gasteiger partial charge in [0.25, 0.3) is 0 Å². The summed E-state index contributed by atoms with van der Waals surface area (Å²) in [5.74, 6) is 1.25. The number of carbonyl (C=O) groups is 1. The van der Waals surface area contributed by atoms with Crippen molar-refractivity contribution in [1.82, 2.24) is 0 Å². The van der Waals surface area contributed by atoms with Gasteiger partial charge < -0.3 is 11.1 Å². The van der Waals surface area contributed by atoms with E-state index in [0.717, 1.165) is 21.5 Å². The van der Waals surface area contributed by atoms with Gasteiger partial charge in [0, 0.05) is 22.0 Å². The molecule has 0 heterocycles. The van der Waals surface area contributed by atoms with Crippen molar-refractivity contribution in [2.75, 3.05) is 16.8 Å². The predicted molar refractivity (Wildman–Crippen MR) is 78.5 cm³/mol. The lowest BCUT2D eigenvalue weighted by atomic mass is 10.2. The highest BCUT2D eigenvalue weighted by Gasteiger charge is 2.05. The molecule has 0 radical (unpaired) electrons. The summed E-state index contributed by atoms with van der Waals surface area (Å²) in [6, 6.07) is 5.91. The average molecular weight is 317 g/mol. The first-order valence-corrected chi connectivity index (χ1v) is 7.33. The van der Waals surface area contributed by atoms with E-state index in [9.17, 15) is 4.79 Å². The molecule has 3 nitrogen and oxygen atoms in total. The smallest absolute Gasteiger partial charge is 0.234 e. The predicted octanol–water partition coefficient (Wildman–Crippen LogP) is 2.78. The SMILES string of the molecule is Cc1cc(Br)ccc1NC(=O)CSCC(C)N. The van der Waals surface area contributed by atoms with Crippen molar-refractivity contribution in [2.45, 2.75) is 19.9 Å². The molecule has 0 saturated carbocycles. The standard InChI is InChI=1S/C12H17BrN2OS/c1-8-5-10(13)3-4-11(8)15-12(16)7-17-6-9(2)14/h3-5,9H,6-7,14H2,1-2H3,(H,15,16). The van der Waals surface area contributed by atoms with Crippen molar-refractivity contribution in [3.05, 3.63) is 28.2 Å². The highest BCUT2D eigenvalue weighted by atomic mass is 79.9. The molecule has 1 aromatic rings. The molecule has 0 bridgehead atoms. The third kappa shape index (κ3) is 5.57. The molecule has 0 aliphatic carbocycles. The number of anilines is 1. The summed E-state index contributed by atoms with van der Waals surface area (Å²) in [6.45, 7) is 3.90. The second-order valence-electron chi connectivity index (χ2n) is 4.00. The molecule has 5 heteroatoms. The van der Waals surface area contributed by atoms with Crippen LogP contribution in [0.25, 0.3) is 0 Å². The first kappa shape index (κ1) is 14.5. The third-order valence-corrected chi connectivity index (χ3v) is 3.80. The maximum Gasteiger partial charge on any atom is 0.234 e. The first-order valence-electron chi connectivity index (χ1n) is 5.38. The van der Waals surface area contributed by atoms with Gasteiger partial charge in [0.2, 0.25) is 5.91 Å². The van der Waals surface area contributed by atoms with Crippen LogP contribution < -0.4 is 11.1 Å². The largest absolute Gasteiger partial charge is 0.327 e. The van der Waals surface area contributed by atoms with Crippen LogP contribution in [-0.2, 0) is 4.79 Å². The van der Waals surface area contributed by atoms with Crippen molar-refractivity contribution >= 4 is 39.3 Å². The number of halogens is 1. The van der Waals surface area contributed by atoms with Gasteiger partial charge in [-0.05, 0) is 37.6 Å². The van der Waals surface area contributed by atoms with Crippen LogP contribution in [0, 0.1) is 6.92 Å². The fourth-order valence-electron chi connectivity index (χ4n) is 1.29. The Hall–Kier alpha value is -0.520. The summed E-state index contributed by atoms with van der Waals surface area (Å²) >= 11 is 4.94. The van der Waals surface area contributed by atoms with E-state index in [-0.39, 0.29) is 11.9 Å². The number of hydrogen-bond donors (Lipinski definition) is 2. The monoisotopic (exact) mass is 316 g/mol. The van der Waals surface area contributed by atoms with Crippen LogP contribution in [-0.4, -0.2) is 23.5 Å². The molecule has 3 N–H and O–H groups in total. The molecular weight excluding hydrogens is 300 g/mol. The van der Waals surface area contributed by atoms with Gasteiger partial charge in [0.1, 0.15) is 0 Å². The van der Waals surface area contributed by atoms with Crippen LogP contribution in [0.2, 0.25) is 0 Å². The fraction of sp³-hybridized carbons (Fsp3) is 0.417. The highest BCUT2D eigenvalue weighted by molar-refractivity contribution is 9.10. The second kappa shape index (κ2) is 7.03. The number of nitrogens with two attached hydrogens (primary N) is 1. The van der Waals surface area contributed by atoms with Crippen molar-refractivity contribution in [1.29, 1.82) is 0 Å². The van der Waals surface area contributed by atoms with E-state index in [1.54, 1.807) is 11.8 Å². The number of amides is 1. The first-order chi connectivity index (χ1) is 7.99. The normalized spacial score (nSPS) is 12.2. The minimum atomic E-state index is 0.0149. The van der Waals surface area contributed by atoms with Gasteiger partial charge in [-0.3, -0.25) is 4.79 Å². The van der Waals surface area contributed by atoms with Gasteiger partial charge in [-0.25, -0.2) is 0 Å². The Balaban J connectivity index is 2.45. The molecule has 0 aliphatic heterocycles. The third-order valence-electron chi connectivity index (χ3n) is 2.08. The van der Waals surface area contributed by atoms with Gasteiger partial charge in [0.05, 0.1) is 5.75 Å². The summed E-state index contributed by atoms with van der Waals surface area (Å²) in [4.78, 5) is 11.6. The summed E-state index contributed by atoms with van der Waals surface area (Å²) in [6.07, 6.45) is 0. The van der Waals surface area contributed by atoms with Gasteiger partial charge >= 0.3 is 0 Å². The molecular formula is C12H17BrN2OS. The van der Waals surface area contributed by atoms with Crippen LogP contribution in [0.4, 0.5) is 5.69 Å². The Morgan fingerprint density at radius 1 is 1.59 bits per heavy atom. The Morgan fingerprint density at radius 3 is 2.88 bits per heavy atom. The van der Waals surface area contributed by atoms with Crippen molar-refractivity contribution in [3.8, 4) is 0 Å². The van der Waals surface area contributed by atoms with Crippen LogP contribution in [0.15, 0.2) is 22.7 Å². The molecule has 1 amide bonds. The summed E-state index contributed by atoms with van der Waals surface area (Å²) in [5, 5.41) is 2.89. The molecule has 0 saturated heterocycles. The van der Waals surface area contributed by atoms with Gasteiger partial charge in [-0.2, -0.15) is 11.8 Å². The molecule has 0 aliphatic rings. The Labute approximate surface area is 115 Å². The molecule has 1 atom stereocenters. The minimum absolute atomic E-state index is 0.0149. The van der Waals surface area contributed by atoms with Gasteiger partial charge in [-0.1, -0.05) is 15.9 Å². The van der Waals surface area contributed by atoms with E-state index in [4.69, 9.17) is 5.73 Å². The molecule has 94 valence electrons. The Morgan fingerprint density at radius 2 is 2.29 bits per heavy atom. The summed E-state index contributed by atoms with van der Waals surface area (Å²) < 4.78 is 1.01. The maximum atomic E-state index is 11.6. The van der Waals surface area contributed by atoms with Crippen molar-refractivity contribution in [3.63, 3.8) is 0 Å². The molecule has 0 spiro atoms. The zero-order valence-corrected chi connectivity index (χ0v) is 12.4. The summed E-state index contributed by atoms with van der Waals surface area (Å²) in [7, 11) is 0. The van der Waals surface area contributed by atoms with Crippen LogP contribution >= 0.6 is 27.7 Å². The zero-order valence-electron chi connectivity index (χ0n) is 10.00. The van der Waals surface area contributed by atoms with Crippen LogP contribution in [0.1, 0.15) is 12.5 Å². The maximum absolute atomic E-state index is 11.6. The van der Waals surface area contributed by atoms with Crippen molar-refractivity contribution < 1.29 is 4.79 Å². The number of rotatable bonds is 5. The van der Waals surface area contributed by atoms with Gasteiger partial charge in [-0.15, -0.1) is 0 Å². The molecule has 0 aromatic heterocycles. The lowest BCUT2D eigenvalue weighted by Crippen LogP contribution is -2.20. The Kier molecular flexibility index (Phi) is 6.02. The second-order valence-corrected chi connectivity index (χ2v) is 5.95. The van der Waals surface area contributed by atoms with E-state index in [1.165, 1.54) is 0 Å². The van der Waals surface area contributed by atoms with Gasteiger partial charge in [0.15, 0.2) is 0 Å². The molecule has 1 unspecified atom stereocenters.